The Bertz CT molecular complexity index is 726. The predicted octanol–water partition coefficient (Wildman–Crippen LogP) is 2.90. The van der Waals surface area contributed by atoms with Gasteiger partial charge in [0.05, 0.1) is 6.04 Å². The summed E-state index contributed by atoms with van der Waals surface area (Å²) < 4.78 is 1.29. The molecule has 1 aliphatic rings. The Balaban J connectivity index is 1.86. The highest BCUT2D eigenvalue weighted by Gasteiger charge is 2.32. The first-order valence-electron chi connectivity index (χ1n) is 8.22. The van der Waals surface area contributed by atoms with Gasteiger partial charge in [0.1, 0.15) is 11.7 Å². The van der Waals surface area contributed by atoms with Gasteiger partial charge in [-0.1, -0.05) is 30.3 Å². The van der Waals surface area contributed by atoms with Crippen molar-refractivity contribution < 1.29 is 14.7 Å². The van der Waals surface area contributed by atoms with Gasteiger partial charge in [-0.2, -0.15) is 5.10 Å². The molecule has 0 saturated carbocycles. The molecule has 0 spiro atoms. The second kappa shape index (κ2) is 6.86. The molecule has 1 N–H and O–H groups in total. The van der Waals surface area contributed by atoms with Crippen LogP contribution in [0.2, 0.25) is 0 Å². The maximum absolute atomic E-state index is 13.0. The molecule has 0 aliphatic carbocycles. The summed E-state index contributed by atoms with van der Waals surface area (Å²) in [6.07, 6.45) is 4.39. The second-order valence-corrected chi connectivity index (χ2v) is 6.10. The van der Waals surface area contributed by atoms with Crippen molar-refractivity contribution >= 4 is 11.9 Å². The molecular weight excluding hydrogens is 306 g/mol. The maximum atomic E-state index is 13.0. The highest BCUT2D eigenvalue weighted by atomic mass is 16.4. The number of nitrogens with zero attached hydrogens (tertiary/aromatic N) is 3. The Morgan fingerprint density at radius 1 is 1.21 bits per heavy atom. The fourth-order valence-corrected chi connectivity index (χ4v) is 3.35. The molecule has 2 unspecified atom stereocenters. The maximum Gasteiger partial charge on any atom is 0.354 e. The Morgan fingerprint density at radius 2 is 1.96 bits per heavy atom. The van der Waals surface area contributed by atoms with Crippen LogP contribution in [0, 0.1) is 0 Å². The summed E-state index contributed by atoms with van der Waals surface area (Å²) >= 11 is 0. The number of carboxylic acid groups (broad SMARTS) is 1. The minimum atomic E-state index is -1.08. The first-order chi connectivity index (χ1) is 11.6. The fraction of sp³-hybridized carbons (Fsp3) is 0.389. The van der Waals surface area contributed by atoms with Crippen molar-refractivity contribution in [3.05, 3.63) is 53.9 Å². The summed E-state index contributed by atoms with van der Waals surface area (Å²) in [5.41, 5.74) is 1.15. The lowest BCUT2D eigenvalue weighted by atomic mass is 9.94. The lowest BCUT2D eigenvalue weighted by Gasteiger charge is -2.37. The van der Waals surface area contributed by atoms with Gasteiger partial charge >= 0.3 is 5.97 Å². The summed E-state index contributed by atoms with van der Waals surface area (Å²) in [4.78, 5) is 26.2. The number of rotatable bonds is 4. The van der Waals surface area contributed by atoms with Crippen LogP contribution >= 0.6 is 0 Å². The molecule has 0 radical (unpaired) electrons. The average molecular weight is 327 g/mol. The van der Waals surface area contributed by atoms with Crippen molar-refractivity contribution in [1.29, 1.82) is 0 Å². The van der Waals surface area contributed by atoms with Crippen LogP contribution in [-0.4, -0.2) is 38.2 Å². The van der Waals surface area contributed by atoms with Crippen LogP contribution in [0.5, 0.6) is 0 Å². The van der Waals surface area contributed by atoms with Crippen LogP contribution in [0.25, 0.3) is 0 Å². The summed E-state index contributed by atoms with van der Waals surface area (Å²) in [7, 11) is 0. The van der Waals surface area contributed by atoms with Gasteiger partial charge in [-0.25, -0.2) is 9.48 Å². The number of aromatic nitrogens is 2. The Labute approximate surface area is 140 Å². The van der Waals surface area contributed by atoms with E-state index in [1.807, 2.05) is 35.2 Å². The highest BCUT2D eigenvalue weighted by molar-refractivity contribution is 5.87. The fourth-order valence-electron chi connectivity index (χ4n) is 3.35. The van der Waals surface area contributed by atoms with Crippen molar-refractivity contribution in [2.24, 2.45) is 0 Å². The van der Waals surface area contributed by atoms with Crippen molar-refractivity contribution in [3.63, 3.8) is 0 Å². The molecule has 1 aliphatic heterocycles. The molecule has 2 heterocycles. The highest BCUT2D eigenvalue weighted by Crippen LogP contribution is 2.32. The van der Waals surface area contributed by atoms with Crippen LogP contribution in [0.4, 0.5) is 0 Å². The lowest BCUT2D eigenvalue weighted by molar-refractivity contribution is -0.138. The third-order valence-electron chi connectivity index (χ3n) is 4.58. The van der Waals surface area contributed by atoms with Gasteiger partial charge in [-0.3, -0.25) is 4.79 Å². The molecule has 3 rings (SSSR count). The van der Waals surface area contributed by atoms with Crippen LogP contribution < -0.4 is 0 Å². The number of benzene rings is 1. The largest absolute Gasteiger partial charge is 0.477 e. The number of hydrogen-bond donors (Lipinski definition) is 1. The van der Waals surface area contributed by atoms with Gasteiger partial charge in [-0.15, -0.1) is 0 Å². The van der Waals surface area contributed by atoms with Crippen molar-refractivity contribution in [2.75, 3.05) is 6.54 Å². The molecule has 2 aromatic rings. The topological polar surface area (TPSA) is 75.4 Å². The quantitative estimate of drug-likeness (QED) is 0.937. The predicted molar refractivity (Wildman–Crippen MR) is 88.6 cm³/mol. The molecule has 6 heteroatoms. The lowest BCUT2D eigenvalue weighted by Crippen LogP contribution is -2.42. The molecule has 0 bridgehead atoms. The summed E-state index contributed by atoms with van der Waals surface area (Å²) in [5, 5.41) is 13.3. The van der Waals surface area contributed by atoms with Gasteiger partial charge < -0.3 is 10.0 Å². The van der Waals surface area contributed by atoms with Crippen LogP contribution in [0.15, 0.2) is 42.6 Å². The van der Waals surface area contributed by atoms with E-state index in [1.165, 1.54) is 16.9 Å². The minimum absolute atomic E-state index is 0.0316. The number of aromatic carboxylic acids is 1. The van der Waals surface area contributed by atoms with E-state index >= 15 is 0 Å². The number of carbonyl (C=O) groups is 2. The van der Waals surface area contributed by atoms with Gasteiger partial charge in [0.25, 0.3) is 0 Å². The smallest absolute Gasteiger partial charge is 0.354 e. The van der Waals surface area contributed by atoms with Crippen molar-refractivity contribution in [1.82, 2.24) is 14.7 Å². The minimum Gasteiger partial charge on any atom is -0.477 e. The van der Waals surface area contributed by atoms with Crippen LogP contribution in [0.3, 0.4) is 0 Å². The Hall–Kier alpha value is -2.63. The molecule has 1 fully saturated rings. The number of amides is 1. The molecular formula is C18H21N3O3. The second-order valence-electron chi connectivity index (χ2n) is 6.10. The van der Waals surface area contributed by atoms with E-state index in [1.54, 1.807) is 6.92 Å². The van der Waals surface area contributed by atoms with Gasteiger partial charge in [0.2, 0.25) is 5.91 Å². The molecule has 1 amide bonds. The number of hydrogen-bond acceptors (Lipinski definition) is 3. The Kier molecular flexibility index (Phi) is 4.64. The van der Waals surface area contributed by atoms with E-state index in [2.05, 4.69) is 5.10 Å². The van der Waals surface area contributed by atoms with Crippen molar-refractivity contribution in [2.45, 2.75) is 38.3 Å². The summed E-state index contributed by atoms with van der Waals surface area (Å²) in [5.74, 6) is -1.17. The molecule has 1 aromatic heterocycles. The number of carbonyl (C=O) groups excluding carboxylic acids is 1. The van der Waals surface area contributed by atoms with E-state index in [0.717, 1.165) is 24.8 Å². The molecule has 2 atom stereocenters. The van der Waals surface area contributed by atoms with E-state index in [9.17, 15) is 14.7 Å². The zero-order valence-corrected chi connectivity index (χ0v) is 13.6. The monoisotopic (exact) mass is 327 g/mol. The van der Waals surface area contributed by atoms with Gasteiger partial charge in [0, 0.05) is 12.7 Å². The number of likely N-dealkylation sites (tertiary alicyclic amines) is 1. The molecule has 24 heavy (non-hydrogen) atoms. The SMILES string of the molecule is CC(C(=O)N1CCCCC1c1ccccc1)n1nccc1C(=O)O. The van der Waals surface area contributed by atoms with Crippen molar-refractivity contribution in [3.8, 4) is 0 Å². The Morgan fingerprint density at radius 3 is 2.67 bits per heavy atom. The van der Waals surface area contributed by atoms with E-state index in [4.69, 9.17) is 0 Å². The zero-order valence-electron chi connectivity index (χ0n) is 13.6. The van der Waals surface area contributed by atoms with E-state index in [-0.39, 0.29) is 17.6 Å². The van der Waals surface area contributed by atoms with E-state index in [0.29, 0.717) is 6.54 Å². The number of carboxylic acids is 1. The van der Waals surface area contributed by atoms with Gasteiger partial charge in [-0.05, 0) is 37.8 Å². The third kappa shape index (κ3) is 3.04. The third-order valence-corrected chi connectivity index (χ3v) is 4.58. The molecule has 1 saturated heterocycles. The van der Waals surface area contributed by atoms with E-state index < -0.39 is 12.0 Å². The first kappa shape index (κ1) is 16.2. The first-order valence-corrected chi connectivity index (χ1v) is 8.22. The average Bonchev–Trinajstić information content (AvgIpc) is 3.11. The van der Waals surface area contributed by atoms with Crippen LogP contribution in [-0.2, 0) is 4.79 Å². The summed E-state index contributed by atoms with van der Waals surface area (Å²) in [6, 6.07) is 10.8. The summed E-state index contributed by atoms with van der Waals surface area (Å²) in [6.45, 7) is 2.39. The number of piperidine rings is 1. The molecule has 6 nitrogen and oxygen atoms in total. The van der Waals surface area contributed by atoms with Crippen LogP contribution in [0.1, 0.15) is 54.3 Å². The normalized spacial score (nSPS) is 19.0. The van der Waals surface area contributed by atoms with Gasteiger partial charge in [0.15, 0.2) is 0 Å². The molecule has 126 valence electrons. The molecule has 1 aromatic carbocycles. The zero-order chi connectivity index (χ0) is 17.1. The standard InChI is InChI=1S/C18H21N3O3/c1-13(21-16(18(23)24)10-11-19-21)17(22)20-12-6-5-9-15(20)14-7-3-2-4-8-14/h2-4,7-8,10-11,13,15H,5-6,9,12H2,1H3,(H,23,24).